The van der Waals surface area contributed by atoms with Crippen LogP contribution in [0.25, 0.3) is 0 Å². The predicted octanol–water partition coefficient (Wildman–Crippen LogP) is 2.14. The van der Waals surface area contributed by atoms with Gasteiger partial charge < -0.3 is 14.7 Å². The average molecular weight is 385 g/mol. The molecule has 27 heavy (non-hydrogen) atoms. The van der Waals surface area contributed by atoms with Gasteiger partial charge in [0.25, 0.3) is 0 Å². The first-order valence-corrected chi connectivity index (χ1v) is 8.58. The third kappa shape index (κ3) is 5.45. The number of hydrogen-bond donors (Lipinski definition) is 0. The van der Waals surface area contributed by atoms with Crippen LogP contribution >= 0.6 is 0 Å². The summed E-state index contributed by atoms with van der Waals surface area (Å²) in [7, 11) is 0. The van der Waals surface area contributed by atoms with Gasteiger partial charge in [-0.25, -0.2) is 0 Å². The number of rotatable bonds is 4. The maximum Gasteiger partial charge on any atom is 0.416 e. The zero-order valence-corrected chi connectivity index (χ0v) is 15.3. The highest BCUT2D eigenvalue weighted by Crippen LogP contribution is 2.31. The van der Waals surface area contributed by atoms with Gasteiger partial charge in [0.05, 0.1) is 5.56 Å². The molecular weight excluding hydrogens is 363 g/mol. The molecule has 1 aliphatic rings. The molecule has 1 heterocycles. The summed E-state index contributed by atoms with van der Waals surface area (Å²) in [6.07, 6.45) is -4.51. The van der Waals surface area contributed by atoms with Crippen molar-refractivity contribution in [3.05, 3.63) is 29.8 Å². The molecular formula is C18H22F3N3O3. The van der Waals surface area contributed by atoms with Crippen molar-refractivity contribution < 1.29 is 27.6 Å². The minimum Gasteiger partial charge on any atom is -0.339 e. The highest BCUT2D eigenvalue weighted by atomic mass is 19.4. The molecule has 0 bridgehead atoms. The van der Waals surface area contributed by atoms with Crippen molar-refractivity contribution in [3.8, 4) is 0 Å². The van der Waals surface area contributed by atoms with Crippen molar-refractivity contribution in [2.24, 2.45) is 0 Å². The summed E-state index contributed by atoms with van der Waals surface area (Å²) in [6.45, 7) is 4.41. The lowest BCUT2D eigenvalue weighted by molar-refractivity contribution is -0.138. The van der Waals surface area contributed by atoms with Crippen molar-refractivity contribution in [2.75, 3.05) is 37.6 Å². The summed E-state index contributed by atoms with van der Waals surface area (Å²) >= 11 is 0. The normalized spacial score (nSPS) is 14.9. The Morgan fingerprint density at radius 2 is 1.63 bits per heavy atom. The van der Waals surface area contributed by atoms with Crippen LogP contribution in [0.4, 0.5) is 18.9 Å². The smallest absolute Gasteiger partial charge is 0.339 e. The number of amides is 3. The molecule has 1 aromatic rings. The summed E-state index contributed by atoms with van der Waals surface area (Å²) in [5.74, 6) is -0.686. The van der Waals surface area contributed by atoms with Crippen molar-refractivity contribution in [3.63, 3.8) is 0 Å². The van der Waals surface area contributed by atoms with Crippen LogP contribution in [0.15, 0.2) is 24.3 Å². The second-order valence-corrected chi connectivity index (χ2v) is 6.36. The van der Waals surface area contributed by atoms with E-state index in [9.17, 15) is 27.6 Å². The van der Waals surface area contributed by atoms with E-state index in [1.807, 2.05) is 0 Å². The zero-order valence-electron chi connectivity index (χ0n) is 15.3. The lowest BCUT2D eigenvalue weighted by Crippen LogP contribution is -2.50. The molecule has 0 aliphatic carbocycles. The minimum absolute atomic E-state index is 0.00407. The van der Waals surface area contributed by atoms with Gasteiger partial charge in [0.2, 0.25) is 17.7 Å². The lowest BCUT2D eigenvalue weighted by Gasteiger charge is -2.34. The number of hydrogen-bond acceptors (Lipinski definition) is 3. The minimum atomic E-state index is -4.51. The third-order valence-corrected chi connectivity index (χ3v) is 4.49. The van der Waals surface area contributed by atoms with Crippen molar-refractivity contribution >= 4 is 23.4 Å². The Morgan fingerprint density at radius 3 is 2.15 bits per heavy atom. The average Bonchev–Trinajstić information content (AvgIpc) is 2.61. The largest absolute Gasteiger partial charge is 0.416 e. The summed E-state index contributed by atoms with van der Waals surface area (Å²) in [5.41, 5.74) is -0.746. The van der Waals surface area contributed by atoms with E-state index in [1.54, 1.807) is 9.80 Å². The van der Waals surface area contributed by atoms with Crippen LogP contribution in [0, 0.1) is 0 Å². The molecule has 0 aromatic heterocycles. The second kappa shape index (κ2) is 8.41. The van der Waals surface area contributed by atoms with Gasteiger partial charge >= 0.3 is 6.18 Å². The van der Waals surface area contributed by atoms with E-state index >= 15 is 0 Å². The van der Waals surface area contributed by atoms with Crippen LogP contribution in [-0.4, -0.2) is 60.2 Å². The molecule has 9 heteroatoms. The standard InChI is InChI=1S/C18H22F3N3O3/c1-13(25)22-8-10-23(11-9-22)17(27)6-7-24(14(2)26)16-5-3-4-15(12-16)18(19,20)21/h3-5,12H,6-11H2,1-2H3. The van der Waals surface area contributed by atoms with Crippen LogP contribution in [0.2, 0.25) is 0 Å². The van der Waals surface area contributed by atoms with Gasteiger partial charge in [0.1, 0.15) is 0 Å². The lowest BCUT2D eigenvalue weighted by atomic mass is 10.1. The summed E-state index contributed by atoms with van der Waals surface area (Å²) in [5, 5.41) is 0. The van der Waals surface area contributed by atoms with Gasteiger partial charge in [-0.2, -0.15) is 13.2 Å². The van der Waals surface area contributed by atoms with Crippen LogP contribution in [0.3, 0.4) is 0 Å². The summed E-state index contributed by atoms with van der Waals surface area (Å²) in [4.78, 5) is 40.0. The molecule has 0 saturated carbocycles. The van der Waals surface area contributed by atoms with Gasteiger partial charge in [-0.15, -0.1) is 0 Å². The van der Waals surface area contributed by atoms with Crippen LogP contribution < -0.4 is 4.90 Å². The molecule has 3 amide bonds. The van der Waals surface area contributed by atoms with Crippen LogP contribution in [0.5, 0.6) is 0 Å². The SMILES string of the molecule is CC(=O)N1CCN(C(=O)CCN(C(C)=O)c2cccc(C(F)(F)F)c2)CC1. The van der Waals surface area contributed by atoms with Gasteiger partial charge in [-0.05, 0) is 18.2 Å². The molecule has 1 fully saturated rings. The first-order valence-electron chi connectivity index (χ1n) is 8.58. The summed E-state index contributed by atoms with van der Waals surface area (Å²) < 4.78 is 38.7. The van der Waals surface area contributed by atoms with Crippen molar-refractivity contribution in [1.29, 1.82) is 0 Å². The van der Waals surface area contributed by atoms with E-state index in [4.69, 9.17) is 0 Å². The topological polar surface area (TPSA) is 60.9 Å². The maximum absolute atomic E-state index is 12.9. The Balaban J connectivity index is 2.00. The number of halogens is 3. The number of anilines is 1. The number of benzene rings is 1. The van der Waals surface area contributed by atoms with Crippen molar-refractivity contribution in [2.45, 2.75) is 26.4 Å². The van der Waals surface area contributed by atoms with E-state index < -0.39 is 17.6 Å². The number of alkyl halides is 3. The fourth-order valence-electron chi connectivity index (χ4n) is 2.95. The zero-order chi connectivity index (χ0) is 20.2. The number of carbonyl (C=O) groups is 3. The van der Waals surface area contributed by atoms with E-state index in [0.717, 1.165) is 12.1 Å². The van der Waals surface area contributed by atoms with Gasteiger partial charge in [0, 0.05) is 58.7 Å². The Hall–Kier alpha value is -2.58. The molecule has 6 nitrogen and oxygen atoms in total. The first-order chi connectivity index (χ1) is 12.6. The quantitative estimate of drug-likeness (QED) is 0.798. The molecule has 0 radical (unpaired) electrons. The second-order valence-electron chi connectivity index (χ2n) is 6.36. The van der Waals surface area contributed by atoms with Crippen molar-refractivity contribution in [1.82, 2.24) is 9.80 Å². The monoisotopic (exact) mass is 385 g/mol. The van der Waals surface area contributed by atoms with E-state index in [2.05, 4.69) is 0 Å². The molecule has 1 saturated heterocycles. The van der Waals surface area contributed by atoms with Crippen LogP contribution in [0.1, 0.15) is 25.8 Å². The highest BCUT2D eigenvalue weighted by molar-refractivity contribution is 5.92. The van der Waals surface area contributed by atoms with Gasteiger partial charge in [0.15, 0.2) is 0 Å². The molecule has 0 atom stereocenters. The summed E-state index contributed by atoms with van der Waals surface area (Å²) in [6, 6.07) is 4.47. The molecule has 1 aliphatic heterocycles. The number of piperazine rings is 1. The highest BCUT2D eigenvalue weighted by Gasteiger charge is 2.31. The molecule has 0 spiro atoms. The number of nitrogens with zero attached hydrogens (tertiary/aromatic N) is 3. The van der Waals surface area contributed by atoms with E-state index in [0.29, 0.717) is 26.2 Å². The molecule has 0 N–H and O–H groups in total. The molecule has 2 rings (SSSR count). The third-order valence-electron chi connectivity index (χ3n) is 4.49. The fourth-order valence-corrected chi connectivity index (χ4v) is 2.95. The predicted molar refractivity (Wildman–Crippen MR) is 92.9 cm³/mol. The molecule has 1 aromatic carbocycles. The van der Waals surface area contributed by atoms with E-state index in [-0.39, 0.29) is 30.5 Å². The van der Waals surface area contributed by atoms with Gasteiger partial charge in [-0.3, -0.25) is 14.4 Å². The number of carbonyl (C=O) groups excluding carboxylic acids is 3. The van der Waals surface area contributed by atoms with E-state index in [1.165, 1.54) is 30.9 Å². The maximum atomic E-state index is 12.9. The Labute approximate surface area is 155 Å². The molecule has 0 unspecified atom stereocenters. The fraction of sp³-hybridized carbons (Fsp3) is 0.500. The Morgan fingerprint density at radius 1 is 1.04 bits per heavy atom. The first kappa shape index (κ1) is 20.7. The molecule has 148 valence electrons. The van der Waals surface area contributed by atoms with Gasteiger partial charge in [-0.1, -0.05) is 6.07 Å². The Kier molecular flexibility index (Phi) is 6.45. The Bertz CT molecular complexity index is 713. The van der Waals surface area contributed by atoms with Crippen LogP contribution in [-0.2, 0) is 20.6 Å².